The van der Waals surface area contributed by atoms with Crippen LogP contribution in [0.5, 0.6) is 0 Å². The van der Waals surface area contributed by atoms with Crippen LogP contribution in [-0.2, 0) is 23.8 Å². The molecule has 0 spiro atoms. The smallest absolute Gasteiger partial charge is 0.328 e. The Balaban J connectivity index is 1.75. The summed E-state index contributed by atoms with van der Waals surface area (Å²) in [6, 6.07) is -0.533. The van der Waals surface area contributed by atoms with E-state index in [-0.39, 0.29) is 18.3 Å². The molecule has 0 bridgehead atoms. The molecule has 0 aliphatic carbocycles. The Morgan fingerprint density at radius 2 is 1.96 bits per heavy atom. The second-order valence-corrected chi connectivity index (χ2v) is 6.37. The molecule has 2 aliphatic rings. The van der Waals surface area contributed by atoms with Crippen molar-refractivity contribution in [1.82, 2.24) is 5.32 Å². The van der Waals surface area contributed by atoms with Crippen LogP contribution in [0, 0.1) is 0 Å². The van der Waals surface area contributed by atoms with E-state index in [0.717, 1.165) is 12.8 Å². The molecule has 6 nitrogen and oxygen atoms in total. The number of esters is 1. The molecular weight excluding hydrogens is 310 g/mol. The minimum absolute atomic E-state index is 0.112. The molecule has 2 heterocycles. The van der Waals surface area contributed by atoms with Crippen LogP contribution in [0.1, 0.15) is 58.3 Å². The highest BCUT2D eigenvalue weighted by Crippen LogP contribution is 2.29. The molecular formula is C18H29NO5. The number of carbonyl (C=O) groups excluding carboxylic acids is 2. The zero-order valence-electron chi connectivity index (χ0n) is 14.6. The Hall–Kier alpha value is -1.40. The number of ether oxygens (including phenoxy) is 3. The van der Waals surface area contributed by atoms with Crippen molar-refractivity contribution < 1.29 is 23.8 Å². The van der Waals surface area contributed by atoms with Gasteiger partial charge in [0.25, 0.3) is 0 Å². The van der Waals surface area contributed by atoms with Gasteiger partial charge in [-0.1, -0.05) is 31.9 Å². The summed E-state index contributed by atoms with van der Waals surface area (Å²) < 4.78 is 16.3. The quantitative estimate of drug-likeness (QED) is 0.376. The number of unbranched alkanes of at least 4 members (excludes halogenated alkanes) is 3. The maximum Gasteiger partial charge on any atom is 0.328 e. The molecule has 0 aromatic carbocycles. The van der Waals surface area contributed by atoms with Gasteiger partial charge in [0.05, 0.1) is 26.2 Å². The summed E-state index contributed by atoms with van der Waals surface area (Å²) in [4.78, 5) is 23.7. The van der Waals surface area contributed by atoms with Gasteiger partial charge in [0.2, 0.25) is 5.91 Å². The Bertz CT molecular complexity index is 443. The Kier molecular flexibility index (Phi) is 7.72. The summed E-state index contributed by atoms with van der Waals surface area (Å²) in [5, 5.41) is 2.71. The number of nitrogens with one attached hydrogen (secondary N) is 1. The van der Waals surface area contributed by atoms with Crippen LogP contribution in [0.4, 0.5) is 0 Å². The summed E-state index contributed by atoms with van der Waals surface area (Å²) in [6.45, 7) is 3.56. The van der Waals surface area contributed by atoms with Gasteiger partial charge in [0.1, 0.15) is 6.04 Å². The van der Waals surface area contributed by atoms with Crippen LogP contribution < -0.4 is 5.32 Å². The molecule has 1 amide bonds. The molecule has 6 heteroatoms. The second kappa shape index (κ2) is 9.79. The third kappa shape index (κ3) is 5.91. The van der Waals surface area contributed by atoms with E-state index in [0.29, 0.717) is 32.7 Å². The van der Waals surface area contributed by atoms with Crippen molar-refractivity contribution in [2.75, 3.05) is 19.8 Å². The molecule has 1 atom stereocenters. The van der Waals surface area contributed by atoms with Crippen molar-refractivity contribution >= 4 is 11.9 Å². The lowest BCUT2D eigenvalue weighted by Gasteiger charge is -2.26. The molecule has 24 heavy (non-hydrogen) atoms. The SMILES string of the molecule is CCCCC/C=C/CCC1(CC(=O)N[C@H]2CCOC2=O)OCCO1. The molecule has 2 saturated heterocycles. The van der Waals surface area contributed by atoms with Crippen molar-refractivity contribution in [1.29, 1.82) is 0 Å². The van der Waals surface area contributed by atoms with Gasteiger partial charge in [0.15, 0.2) is 5.79 Å². The van der Waals surface area contributed by atoms with Gasteiger partial charge in [-0.15, -0.1) is 0 Å². The van der Waals surface area contributed by atoms with E-state index >= 15 is 0 Å². The zero-order valence-corrected chi connectivity index (χ0v) is 14.6. The van der Waals surface area contributed by atoms with Crippen molar-refractivity contribution in [2.24, 2.45) is 0 Å². The average molecular weight is 339 g/mol. The first-order valence-electron chi connectivity index (χ1n) is 9.04. The van der Waals surface area contributed by atoms with E-state index in [9.17, 15) is 9.59 Å². The Labute approximate surface area is 143 Å². The van der Waals surface area contributed by atoms with Gasteiger partial charge in [-0.2, -0.15) is 0 Å². The van der Waals surface area contributed by atoms with Crippen LogP contribution in [0.3, 0.4) is 0 Å². The van der Waals surface area contributed by atoms with Crippen molar-refractivity contribution in [3.8, 4) is 0 Å². The molecule has 0 unspecified atom stereocenters. The fraction of sp³-hybridized carbons (Fsp3) is 0.778. The first kappa shape index (κ1) is 18.9. The standard InChI is InChI=1S/C18H29NO5/c1-2-3-4-5-6-7-8-10-18(23-12-13-24-18)14-16(20)19-15-9-11-22-17(15)21/h6-7,15H,2-5,8-14H2,1H3,(H,19,20)/b7-6+/t15-/m0/s1. The molecule has 0 aromatic heterocycles. The number of hydrogen-bond acceptors (Lipinski definition) is 5. The van der Waals surface area contributed by atoms with Crippen molar-refractivity contribution in [3.05, 3.63) is 12.2 Å². The fourth-order valence-electron chi connectivity index (χ4n) is 3.00. The molecule has 0 saturated carbocycles. The van der Waals surface area contributed by atoms with Crippen LogP contribution >= 0.6 is 0 Å². The molecule has 2 aliphatic heterocycles. The summed E-state index contributed by atoms with van der Waals surface area (Å²) >= 11 is 0. The topological polar surface area (TPSA) is 73.9 Å². The molecule has 136 valence electrons. The van der Waals surface area contributed by atoms with Gasteiger partial charge < -0.3 is 19.5 Å². The third-order valence-corrected chi connectivity index (χ3v) is 4.35. The lowest BCUT2D eigenvalue weighted by molar-refractivity contribution is -0.173. The maximum atomic E-state index is 12.2. The van der Waals surface area contributed by atoms with E-state index in [2.05, 4.69) is 24.4 Å². The first-order valence-corrected chi connectivity index (χ1v) is 9.04. The van der Waals surface area contributed by atoms with E-state index in [1.807, 2.05) is 0 Å². The van der Waals surface area contributed by atoms with Gasteiger partial charge >= 0.3 is 5.97 Å². The minimum atomic E-state index is -0.861. The van der Waals surface area contributed by atoms with E-state index in [1.54, 1.807) is 0 Å². The molecule has 0 aromatic rings. The number of carbonyl (C=O) groups is 2. The van der Waals surface area contributed by atoms with Gasteiger partial charge in [-0.05, 0) is 19.3 Å². The van der Waals surface area contributed by atoms with E-state index in [4.69, 9.17) is 14.2 Å². The molecule has 1 N–H and O–H groups in total. The largest absolute Gasteiger partial charge is 0.464 e. The first-order chi connectivity index (χ1) is 11.7. The number of hydrogen-bond donors (Lipinski definition) is 1. The average Bonchev–Trinajstić information content (AvgIpc) is 3.17. The Morgan fingerprint density at radius 1 is 1.21 bits per heavy atom. The van der Waals surface area contributed by atoms with Gasteiger partial charge in [-0.3, -0.25) is 4.79 Å². The van der Waals surface area contributed by atoms with Crippen LogP contribution in [0.15, 0.2) is 12.2 Å². The number of cyclic esters (lactones) is 1. The zero-order chi connectivity index (χ0) is 17.3. The minimum Gasteiger partial charge on any atom is -0.464 e. The fourth-order valence-corrected chi connectivity index (χ4v) is 3.00. The van der Waals surface area contributed by atoms with Crippen molar-refractivity contribution in [2.45, 2.75) is 70.1 Å². The molecule has 0 radical (unpaired) electrons. The summed E-state index contributed by atoms with van der Waals surface area (Å²) in [6.07, 6.45) is 11.2. The summed E-state index contributed by atoms with van der Waals surface area (Å²) in [5.74, 6) is -1.45. The second-order valence-electron chi connectivity index (χ2n) is 6.37. The van der Waals surface area contributed by atoms with Crippen LogP contribution in [0.2, 0.25) is 0 Å². The predicted molar refractivity (Wildman–Crippen MR) is 89.3 cm³/mol. The normalized spacial score (nSPS) is 22.9. The number of amides is 1. The van der Waals surface area contributed by atoms with Crippen LogP contribution in [-0.4, -0.2) is 43.5 Å². The predicted octanol–water partition coefficient (Wildman–Crippen LogP) is 2.47. The number of rotatable bonds is 10. The van der Waals surface area contributed by atoms with Gasteiger partial charge in [0, 0.05) is 12.8 Å². The highest BCUT2D eigenvalue weighted by Gasteiger charge is 2.39. The van der Waals surface area contributed by atoms with E-state index in [1.165, 1.54) is 19.3 Å². The lowest BCUT2D eigenvalue weighted by Crippen LogP contribution is -2.43. The van der Waals surface area contributed by atoms with Crippen LogP contribution in [0.25, 0.3) is 0 Å². The number of allylic oxidation sites excluding steroid dienone is 2. The summed E-state index contributed by atoms with van der Waals surface area (Å²) in [7, 11) is 0. The maximum absolute atomic E-state index is 12.2. The highest BCUT2D eigenvalue weighted by molar-refractivity contribution is 5.85. The summed E-state index contributed by atoms with van der Waals surface area (Å²) in [5.41, 5.74) is 0. The van der Waals surface area contributed by atoms with E-state index < -0.39 is 11.8 Å². The highest BCUT2D eigenvalue weighted by atomic mass is 16.7. The lowest BCUT2D eigenvalue weighted by atomic mass is 10.0. The molecule has 2 fully saturated rings. The monoisotopic (exact) mass is 339 g/mol. The Morgan fingerprint density at radius 3 is 2.62 bits per heavy atom. The van der Waals surface area contributed by atoms with Crippen molar-refractivity contribution in [3.63, 3.8) is 0 Å². The third-order valence-electron chi connectivity index (χ3n) is 4.35. The molecule has 2 rings (SSSR count). The van der Waals surface area contributed by atoms with Gasteiger partial charge in [-0.25, -0.2) is 4.79 Å².